The number of hydrogen-bond acceptors (Lipinski definition) is 6. The highest BCUT2D eigenvalue weighted by molar-refractivity contribution is 6.32. The van der Waals surface area contributed by atoms with Crippen molar-refractivity contribution in [3.63, 3.8) is 0 Å². The highest BCUT2D eigenvalue weighted by Gasteiger charge is 2.29. The first-order valence-electron chi connectivity index (χ1n) is 11.3. The van der Waals surface area contributed by atoms with E-state index in [9.17, 15) is 4.79 Å². The van der Waals surface area contributed by atoms with Crippen molar-refractivity contribution >= 4 is 34.2 Å². The number of amides is 1. The lowest BCUT2D eigenvalue weighted by molar-refractivity contribution is -0.134. The Morgan fingerprint density at radius 1 is 1.24 bits per heavy atom. The molecule has 34 heavy (non-hydrogen) atoms. The van der Waals surface area contributed by atoms with Crippen LogP contribution in [0, 0.1) is 0 Å². The minimum atomic E-state index is 0.0132. The number of hydrogen-bond donors (Lipinski definition) is 1. The molecule has 0 bridgehead atoms. The number of anilines is 1. The number of rotatable bonds is 6. The molecule has 4 heterocycles. The van der Waals surface area contributed by atoms with Gasteiger partial charge in [0, 0.05) is 56.0 Å². The fourth-order valence-corrected chi connectivity index (χ4v) is 4.60. The van der Waals surface area contributed by atoms with E-state index in [1.54, 1.807) is 23.3 Å². The number of fused-ring (bicyclic) bond motifs is 1. The van der Waals surface area contributed by atoms with Crippen molar-refractivity contribution < 1.29 is 9.53 Å². The van der Waals surface area contributed by atoms with Gasteiger partial charge in [0.15, 0.2) is 11.5 Å². The predicted octanol–water partition coefficient (Wildman–Crippen LogP) is 3.61. The van der Waals surface area contributed by atoms with E-state index >= 15 is 0 Å². The molecule has 0 aliphatic carbocycles. The van der Waals surface area contributed by atoms with E-state index in [1.165, 1.54) is 0 Å². The number of aromatic amines is 1. The Morgan fingerprint density at radius 2 is 2.12 bits per heavy atom. The van der Waals surface area contributed by atoms with Crippen molar-refractivity contribution in [1.29, 1.82) is 0 Å². The molecule has 1 saturated heterocycles. The molecule has 9 nitrogen and oxygen atoms in total. The largest absolute Gasteiger partial charge is 0.492 e. The van der Waals surface area contributed by atoms with Crippen molar-refractivity contribution in [2.75, 3.05) is 31.1 Å². The molecule has 3 aromatic heterocycles. The Labute approximate surface area is 202 Å². The Morgan fingerprint density at radius 3 is 2.88 bits per heavy atom. The summed E-state index contributed by atoms with van der Waals surface area (Å²) in [6.07, 6.45) is 5.14. The summed E-state index contributed by atoms with van der Waals surface area (Å²) in [5.41, 5.74) is 2.39. The summed E-state index contributed by atoms with van der Waals surface area (Å²) in [7, 11) is 0. The van der Waals surface area contributed by atoms with Crippen LogP contribution in [-0.2, 0) is 11.3 Å². The highest BCUT2D eigenvalue weighted by atomic mass is 35.5. The zero-order chi connectivity index (χ0) is 23.7. The van der Waals surface area contributed by atoms with Gasteiger partial charge in [-0.1, -0.05) is 11.6 Å². The second kappa shape index (κ2) is 9.34. The first-order valence-corrected chi connectivity index (χ1v) is 11.7. The van der Waals surface area contributed by atoms with Gasteiger partial charge >= 0.3 is 0 Å². The molecule has 0 spiro atoms. The van der Waals surface area contributed by atoms with Gasteiger partial charge in [-0.15, -0.1) is 0 Å². The minimum Gasteiger partial charge on any atom is -0.492 e. The number of aromatic nitrogens is 5. The van der Waals surface area contributed by atoms with Crippen LogP contribution >= 0.6 is 11.6 Å². The molecule has 10 heteroatoms. The van der Waals surface area contributed by atoms with Gasteiger partial charge in [-0.25, -0.2) is 14.6 Å². The summed E-state index contributed by atoms with van der Waals surface area (Å²) in [4.78, 5) is 29.3. The van der Waals surface area contributed by atoms with E-state index in [4.69, 9.17) is 16.3 Å². The Hall–Kier alpha value is -3.59. The van der Waals surface area contributed by atoms with E-state index in [1.807, 2.05) is 42.2 Å². The van der Waals surface area contributed by atoms with Gasteiger partial charge in [0.05, 0.1) is 17.0 Å². The molecule has 176 valence electrons. The van der Waals surface area contributed by atoms with E-state index in [0.717, 1.165) is 17.6 Å². The summed E-state index contributed by atoms with van der Waals surface area (Å²) in [6.45, 7) is 6.73. The number of pyridine rings is 1. The van der Waals surface area contributed by atoms with Crippen molar-refractivity contribution in [3.8, 4) is 17.3 Å². The number of halogens is 1. The third-order valence-corrected chi connectivity index (χ3v) is 6.35. The van der Waals surface area contributed by atoms with E-state index in [2.05, 4.69) is 31.9 Å². The van der Waals surface area contributed by atoms with Gasteiger partial charge in [0.1, 0.15) is 18.0 Å². The van der Waals surface area contributed by atoms with Crippen LogP contribution in [-0.4, -0.2) is 67.8 Å². The van der Waals surface area contributed by atoms with E-state index in [0.29, 0.717) is 47.6 Å². The van der Waals surface area contributed by atoms with Gasteiger partial charge in [0.2, 0.25) is 5.91 Å². The lowest BCUT2D eigenvalue weighted by atomic mass is 10.1. The van der Waals surface area contributed by atoms with Crippen molar-refractivity contribution in [2.45, 2.75) is 26.4 Å². The van der Waals surface area contributed by atoms with Gasteiger partial charge in [-0.05, 0) is 38.1 Å². The molecule has 1 N–H and O–H groups in total. The number of nitrogens with one attached hydrogen (secondary N) is 1. The molecule has 1 unspecified atom stereocenters. The fourth-order valence-electron chi connectivity index (χ4n) is 4.43. The maximum atomic E-state index is 13.3. The van der Waals surface area contributed by atoms with Crippen molar-refractivity contribution in [3.05, 3.63) is 53.9 Å². The fraction of sp³-hybridized carbons (Fsp3) is 0.333. The molecule has 1 aliphatic heterocycles. The van der Waals surface area contributed by atoms with Crippen molar-refractivity contribution in [1.82, 2.24) is 29.6 Å². The number of ether oxygens (including phenoxy) is 1. The van der Waals surface area contributed by atoms with Crippen LogP contribution in [0.3, 0.4) is 0 Å². The second-order valence-corrected chi connectivity index (χ2v) is 8.66. The summed E-state index contributed by atoms with van der Waals surface area (Å²) in [6, 6.07) is 9.65. The third kappa shape index (κ3) is 4.19. The molecule has 1 amide bonds. The van der Waals surface area contributed by atoms with Crippen LogP contribution in [0.25, 0.3) is 22.6 Å². The van der Waals surface area contributed by atoms with E-state index in [-0.39, 0.29) is 18.5 Å². The number of nitrogens with zero attached hydrogens (tertiary/aromatic N) is 6. The molecule has 1 aliphatic rings. The maximum Gasteiger partial charge on any atom is 0.244 e. The summed E-state index contributed by atoms with van der Waals surface area (Å²) < 4.78 is 7.31. The van der Waals surface area contributed by atoms with E-state index < -0.39 is 0 Å². The highest BCUT2D eigenvalue weighted by Crippen LogP contribution is 2.31. The Kier molecular flexibility index (Phi) is 6.10. The summed E-state index contributed by atoms with van der Waals surface area (Å²) in [5, 5.41) is 6.12. The van der Waals surface area contributed by atoms with Crippen LogP contribution in [0.15, 0.2) is 48.9 Å². The van der Waals surface area contributed by atoms with Gasteiger partial charge in [0.25, 0.3) is 0 Å². The quantitative estimate of drug-likeness (QED) is 0.454. The lowest BCUT2D eigenvalue weighted by Gasteiger charge is -2.41. The van der Waals surface area contributed by atoms with Crippen molar-refractivity contribution in [2.24, 2.45) is 0 Å². The molecule has 1 fully saturated rings. The van der Waals surface area contributed by atoms with Crippen LogP contribution in [0.5, 0.6) is 5.75 Å². The Bertz CT molecular complexity index is 1300. The second-order valence-electron chi connectivity index (χ2n) is 8.25. The number of imidazole rings is 1. The molecule has 1 aromatic carbocycles. The predicted molar refractivity (Wildman–Crippen MR) is 131 cm³/mol. The topological polar surface area (TPSA) is 92.2 Å². The SMILES string of the molecule is CCOc1cc(N2CCN(C(=O)Cn3nc(-c4ncc[nH]4)c4cccnc43)C(C)C2)ccc1Cl. The minimum absolute atomic E-state index is 0.0132. The average molecular weight is 480 g/mol. The van der Waals surface area contributed by atoms with Crippen LogP contribution in [0.4, 0.5) is 5.69 Å². The normalized spacial score (nSPS) is 16.3. The standard InChI is InChI=1S/C24H26ClN7O2/c1-3-34-20-13-17(6-7-19(20)25)30-11-12-31(16(2)14-30)21(33)15-32-24-18(5-4-8-28-24)22(29-32)23-26-9-10-27-23/h4-10,13,16H,3,11-12,14-15H2,1-2H3,(H,26,27). The van der Waals surface area contributed by atoms with Crippen LogP contribution in [0.2, 0.25) is 5.02 Å². The summed E-state index contributed by atoms with van der Waals surface area (Å²) in [5.74, 6) is 1.35. The molecule has 5 rings (SSSR count). The monoisotopic (exact) mass is 479 g/mol. The first kappa shape index (κ1) is 22.2. The molecule has 0 saturated carbocycles. The van der Waals surface area contributed by atoms with Gasteiger partial charge in [-0.2, -0.15) is 5.10 Å². The zero-order valence-electron chi connectivity index (χ0n) is 19.1. The molecule has 4 aromatic rings. The molecular weight excluding hydrogens is 454 g/mol. The van der Waals surface area contributed by atoms with Gasteiger partial charge in [-0.3, -0.25) is 4.79 Å². The number of carbonyl (C=O) groups excluding carboxylic acids is 1. The van der Waals surface area contributed by atoms with Crippen LogP contribution in [0.1, 0.15) is 13.8 Å². The maximum absolute atomic E-state index is 13.3. The number of benzene rings is 1. The van der Waals surface area contributed by atoms with Crippen LogP contribution < -0.4 is 9.64 Å². The average Bonchev–Trinajstić information content (AvgIpc) is 3.49. The van der Waals surface area contributed by atoms with Gasteiger partial charge < -0.3 is 19.5 Å². The smallest absolute Gasteiger partial charge is 0.244 e. The number of carbonyl (C=O) groups is 1. The number of H-pyrrole nitrogens is 1. The first-order chi connectivity index (χ1) is 16.5. The zero-order valence-corrected chi connectivity index (χ0v) is 19.9. The Balaban J connectivity index is 1.32. The molecule has 1 atom stereocenters. The third-order valence-electron chi connectivity index (χ3n) is 6.04. The number of piperazine rings is 1. The lowest BCUT2D eigenvalue weighted by Crippen LogP contribution is -2.54. The molecular formula is C24H26ClN7O2. The summed E-state index contributed by atoms with van der Waals surface area (Å²) >= 11 is 6.24. The molecule has 0 radical (unpaired) electrons.